The van der Waals surface area contributed by atoms with E-state index in [0.717, 1.165) is 37.1 Å². The minimum atomic E-state index is -0.244. The van der Waals surface area contributed by atoms with Crippen molar-refractivity contribution in [3.63, 3.8) is 0 Å². The second kappa shape index (κ2) is 9.67. The Morgan fingerprint density at radius 3 is 2.50 bits per heavy atom. The first-order chi connectivity index (χ1) is 15.5. The van der Waals surface area contributed by atoms with E-state index in [1.165, 1.54) is 0 Å². The number of aromatic nitrogens is 3. The third kappa shape index (κ3) is 5.16. The van der Waals surface area contributed by atoms with E-state index in [-0.39, 0.29) is 12.1 Å². The van der Waals surface area contributed by atoms with Crippen LogP contribution in [0.15, 0.2) is 47.1 Å². The predicted molar refractivity (Wildman–Crippen MR) is 125 cm³/mol. The van der Waals surface area contributed by atoms with Gasteiger partial charge in [-0.25, -0.2) is 9.78 Å². The second-order valence-corrected chi connectivity index (χ2v) is 8.26. The van der Waals surface area contributed by atoms with Gasteiger partial charge < -0.3 is 25.4 Å². The number of urea groups is 1. The van der Waals surface area contributed by atoms with Crippen molar-refractivity contribution in [2.75, 3.05) is 29.6 Å². The number of rotatable bonds is 6. The lowest BCUT2D eigenvalue weighted by Gasteiger charge is -2.29. The normalized spacial score (nSPS) is 18.1. The van der Waals surface area contributed by atoms with Crippen molar-refractivity contribution in [3.05, 3.63) is 48.3 Å². The molecule has 2 aromatic heterocycles. The number of aryl methyl sites for hydroxylation is 1. The van der Waals surface area contributed by atoms with Crippen LogP contribution in [-0.2, 0) is 0 Å². The molecule has 1 aliphatic carbocycles. The third-order valence-corrected chi connectivity index (χ3v) is 5.63. The molecule has 9 heteroatoms. The standard InChI is InChI=1S/C23H29N7O2/c1-15-20(21(32-29-15)16-7-5-4-6-8-16)28-23(31)26-18-11-9-17(10-12-18)25-22-24-14-13-19(27-22)30(2)3/h4-8,13-14,17-18H,9-12H2,1-3H3,(H,24,25,27)(H2,26,28,31). The van der Waals surface area contributed by atoms with Crippen molar-refractivity contribution in [1.82, 2.24) is 20.4 Å². The van der Waals surface area contributed by atoms with Gasteiger partial charge in [-0.3, -0.25) is 0 Å². The van der Waals surface area contributed by atoms with Gasteiger partial charge in [0.2, 0.25) is 5.95 Å². The monoisotopic (exact) mass is 435 g/mol. The summed E-state index contributed by atoms with van der Waals surface area (Å²) < 4.78 is 5.45. The number of carbonyl (C=O) groups is 1. The zero-order valence-electron chi connectivity index (χ0n) is 18.6. The maximum atomic E-state index is 12.7. The van der Waals surface area contributed by atoms with Gasteiger partial charge in [0.1, 0.15) is 17.2 Å². The van der Waals surface area contributed by atoms with Crippen molar-refractivity contribution in [2.45, 2.75) is 44.7 Å². The van der Waals surface area contributed by atoms with Gasteiger partial charge in [-0.1, -0.05) is 35.5 Å². The minimum Gasteiger partial charge on any atom is -0.363 e. The smallest absolute Gasteiger partial charge is 0.319 e. The van der Waals surface area contributed by atoms with E-state index in [9.17, 15) is 4.79 Å². The highest BCUT2D eigenvalue weighted by Crippen LogP contribution is 2.30. The van der Waals surface area contributed by atoms with Crippen molar-refractivity contribution >= 4 is 23.5 Å². The number of nitrogens with zero attached hydrogens (tertiary/aromatic N) is 4. The van der Waals surface area contributed by atoms with Gasteiger partial charge in [0.05, 0.1) is 0 Å². The Bertz CT molecular complexity index is 1040. The molecule has 0 bridgehead atoms. The largest absolute Gasteiger partial charge is 0.363 e. The fourth-order valence-electron chi connectivity index (χ4n) is 3.87. The first-order valence-corrected chi connectivity index (χ1v) is 10.9. The van der Waals surface area contributed by atoms with Crippen LogP contribution in [0.5, 0.6) is 0 Å². The molecule has 0 unspecified atom stereocenters. The topological polar surface area (TPSA) is 108 Å². The van der Waals surface area contributed by atoms with E-state index in [2.05, 4.69) is 31.1 Å². The molecule has 1 aliphatic rings. The number of hydrogen-bond donors (Lipinski definition) is 3. The lowest BCUT2D eigenvalue weighted by molar-refractivity contribution is 0.243. The quantitative estimate of drug-likeness (QED) is 0.536. The van der Waals surface area contributed by atoms with Crippen LogP contribution in [0.25, 0.3) is 11.3 Å². The van der Waals surface area contributed by atoms with Crippen LogP contribution in [0, 0.1) is 6.92 Å². The molecule has 0 saturated heterocycles. The Kier molecular flexibility index (Phi) is 6.53. The molecule has 4 rings (SSSR count). The van der Waals surface area contributed by atoms with Crippen molar-refractivity contribution in [2.24, 2.45) is 0 Å². The van der Waals surface area contributed by atoms with Crippen LogP contribution in [0.4, 0.5) is 22.2 Å². The minimum absolute atomic E-state index is 0.113. The maximum absolute atomic E-state index is 12.7. The molecule has 9 nitrogen and oxygen atoms in total. The average molecular weight is 436 g/mol. The predicted octanol–water partition coefficient (Wildman–Crippen LogP) is 4.05. The summed E-state index contributed by atoms with van der Waals surface area (Å²) in [6.07, 6.45) is 5.39. The second-order valence-electron chi connectivity index (χ2n) is 8.26. The van der Waals surface area contributed by atoms with E-state index < -0.39 is 0 Å². The van der Waals surface area contributed by atoms with Crippen molar-refractivity contribution < 1.29 is 9.32 Å². The van der Waals surface area contributed by atoms with Crippen LogP contribution in [0.3, 0.4) is 0 Å². The van der Waals surface area contributed by atoms with Gasteiger partial charge in [0.25, 0.3) is 0 Å². The lowest BCUT2D eigenvalue weighted by atomic mass is 9.91. The molecule has 1 saturated carbocycles. The van der Waals surface area contributed by atoms with Crippen LogP contribution in [0.1, 0.15) is 31.4 Å². The van der Waals surface area contributed by atoms with E-state index in [1.54, 1.807) is 6.20 Å². The highest BCUT2D eigenvalue weighted by molar-refractivity contribution is 5.94. The molecular formula is C23H29N7O2. The Morgan fingerprint density at radius 2 is 1.78 bits per heavy atom. The van der Waals surface area contributed by atoms with Crippen LogP contribution >= 0.6 is 0 Å². The maximum Gasteiger partial charge on any atom is 0.319 e. The van der Waals surface area contributed by atoms with Gasteiger partial charge in [-0.15, -0.1) is 0 Å². The highest BCUT2D eigenvalue weighted by Gasteiger charge is 2.24. The Morgan fingerprint density at radius 1 is 1.06 bits per heavy atom. The summed E-state index contributed by atoms with van der Waals surface area (Å²) in [6, 6.07) is 11.7. The Balaban J connectivity index is 1.29. The summed E-state index contributed by atoms with van der Waals surface area (Å²) in [7, 11) is 3.91. The number of amides is 2. The van der Waals surface area contributed by atoms with Crippen LogP contribution in [0.2, 0.25) is 0 Å². The summed E-state index contributed by atoms with van der Waals surface area (Å²) >= 11 is 0. The van der Waals surface area contributed by atoms with Gasteiger partial charge in [-0.05, 0) is 38.7 Å². The zero-order chi connectivity index (χ0) is 22.5. The van der Waals surface area contributed by atoms with Crippen LogP contribution < -0.4 is 20.9 Å². The number of nitrogens with one attached hydrogen (secondary N) is 3. The number of anilines is 3. The van der Waals surface area contributed by atoms with Gasteiger partial charge in [0.15, 0.2) is 5.76 Å². The zero-order valence-corrected chi connectivity index (χ0v) is 18.6. The summed E-state index contributed by atoms with van der Waals surface area (Å²) in [5.41, 5.74) is 2.12. The number of benzene rings is 1. The summed E-state index contributed by atoms with van der Waals surface area (Å²) in [5, 5.41) is 13.5. The molecule has 168 valence electrons. The lowest BCUT2D eigenvalue weighted by Crippen LogP contribution is -2.42. The first kappa shape index (κ1) is 21.6. The van der Waals surface area contributed by atoms with E-state index >= 15 is 0 Å². The van der Waals surface area contributed by atoms with Gasteiger partial charge in [-0.2, -0.15) is 4.98 Å². The molecule has 32 heavy (non-hydrogen) atoms. The Hall–Kier alpha value is -3.62. The average Bonchev–Trinajstić information content (AvgIpc) is 3.16. The van der Waals surface area contributed by atoms with Crippen molar-refractivity contribution in [1.29, 1.82) is 0 Å². The van der Waals surface area contributed by atoms with E-state index in [4.69, 9.17) is 4.52 Å². The fraction of sp³-hybridized carbons (Fsp3) is 0.391. The number of carbonyl (C=O) groups excluding carboxylic acids is 1. The molecule has 2 amide bonds. The van der Waals surface area contributed by atoms with E-state index in [0.29, 0.717) is 29.1 Å². The third-order valence-electron chi connectivity index (χ3n) is 5.63. The summed E-state index contributed by atoms with van der Waals surface area (Å²) in [6.45, 7) is 1.82. The Labute approximate surface area is 187 Å². The molecule has 2 heterocycles. The molecular weight excluding hydrogens is 406 g/mol. The first-order valence-electron chi connectivity index (χ1n) is 10.9. The molecule has 1 fully saturated rings. The summed E-state index contributed by atoms with van der Waals surface area (Å²) in [5.74, 6) is 2.07. The molecule has 0 aliphatic heterocycles. The van der Waals surface area contributed by atoms with Crippen LogP contribution in [-0.4, -0.2) is 47.3 Å². The number of hydrogen-bond acceptors (Lipinski definition) is 7. The van der Waals surface area contributed by atoms with Crippen molar-refractivity contribution in [3.8, 4) is 11.3 Å². The van der Waals surface area contributed by atoms with E-state index in [1.807, 2.05) is 62.3 Å². The molecule has 0 atom stereocenters. The molecule has 1 aromatic carbocycles. The molecule has 3 aromatic rings. The molecule has 0 radical (unpaired) electrons. The summed E-state index contributed by atoms with van der Waals surface area (Å²) in [4.78, 5) is 23.5. The molecule has 0 spiro atoms. The van der Waals surface area contributed by atoms with Gasteiger partial charge >= 0.3 is 6.03 Å². The fourth-order valence-corrected chi connectivity index (χ4v) is 3.87. The molecule has 3 N–H and O–H groups in total. The highest BCUT2D eigenvalue weighted by atomic mass is 16.5. The SMILES string of the molecule is Cc1noc(-c2ccccc2)c1NC(=O)NC1CCC(Nc2nccc(N(C)C)n2)CC1. The van der Waals surface area contributed by atoms with Gasteiger partial charge in [0, 0.05) is 37.9 Å².